The van der Waals surface area contributed by atoms with E-state index in [1.165, 1.54) is 6.07 Å². The van der Waals surface area contributed by atoms with E-state index in [-0.39, 0.29) is 40.6 Å². The molecule has 0 unspecified atom stereocenters. The van der Waals surface area contributed by atoms with Crippen LogP contribution in [0.5, 0.6) is 0 Å². The predicted molar refractivity (Wildman–Crippen MR) is 116 cm³/mol. The minimum absolute atomic E-state index is 0.0932. The van der Waals surface area contributed by atoms with Crippen LogP contribution in [0.25, 0.3) is 0 Å². The zero-order chi connectivity index (χ0) is 22.4. The summed E-state index contributed by atoms with van der Waals surface area (Å²) in [6.45, 7) is 8.59. The summed E-state index contributed by atoms with van der Waals surface area (Å²) in [5.41, 5.74) is 0.814. The van der Waals surface area contributed by atoms with Crippen molar-refractivity contribution in [3.63, 3.8) is 0 Å². The Hall–Kier alpha value is -2.64. The van der Waals surface area contributed by atoms with E-state index >= 15 is 0 Å². The molecule has 4 rings (SSSR count). The van der Waals surface area contributed by atoms with Crippen LogP contribution in [0.3, 0.4) is 0 Å². The summed E-state index contributed by atoms with van der Waals surface area (Å²) in [5, 5.41) is 11.5. The predicted octanol–water partition coefficient (Wildman–Crippen LogP) is 3.78. The fraction of sp³-hybridized carbons (Fsp3) is 0.652. The van der Waals surface area contributed by atoms with Gasteiger partial charge in [0.1, 0.15) is 5.69 Å². The van der Waals surface area contributed by atoms with Crippen LogP contribution in [0.1, 0.15) is 63.2 Å². The van der Waals surface area contributed by atoms with E-state index in [0.29, 0.717) is 12.2 Å². The van der Waals surface area contributed by atoms with Gasteiger partial charge in [0.05, 0.1) is 10.5 Å². The normalized spacial score (nSPS) is 26.7. The maximum atomic E-state index is 12.8. The van der Waals surface area contributed by atoms with Crippen molar-refractivity contribution < 1.29 is 19.2 Å². The highest BCUT2D eigenvalue weighted by molar-refractivity contribution is 5.93. The Morgan fingerprint density at radius 1 is 1.19 bits per heavy atom. The van der Waals surface area contributed by atoms with Crippen molar-refractivity contribution in [2.45, 2.75) is 58.9 Å². The molecule has 3 fully saturated rings. The van der Waals surface area contributed by atoms with Gasteiger partial charge in [0.2, 0.25) is 0 Å². The molecule has 8 nitrogen and oxygen atoms in total. The number of anilines is 1. The van der Waals surface area contributed by atoms with Crippen molar-refractivity contribution in [3.05, 3.63) is 33.9 Å². The van der Waals surface area contributed by atoms with Gasteiger partial charge >= 0.3 is 5.97 Å². The third-order valence-electron chi connectivity index (χ3n) is 6.92. The number of nitro benzene ring substituents is 1. The minimum Gasteiger partial charge on any atom is -0.452 e. The maximum absolute atomic E-state index is 12.8. The number of nitrogens with zero attached hydrogens (tertiary/aromatic N) is 3. The van der Waals surface area contributed by atoms with Gasteiger partial charge in [0, 0.05) is 31.7 Å². The van der Waals surface area contributed by atoms with E-state index < -0.39 is 10.9 Å². The maximum Gasteiger partial charge on any atom is 0.338 e. The third kappa shape index (κ3) is 4.38. The molecule has 1 amide bonds. The van der Waals surface area contributed by atoms with Crippen LogP contribution in [-0.4, -0.2) is 54.0 Å². The van der Waals surface area contributed by atoms with Crippen LogP contribution in [-0.2, 0) is 9.53 Å². The first-order valence-electron chi connectivity index (χ1n) is 11.1. The summed E-state index contributed by atoms with van der Waals surface area (Å²) in [5.74, 6) is -0.902. The molecule has 31 heavy (non-hydrogen) atoms. The molecule has 2 bridgehead atoms. The molecule has 2 heterocycles. The van der Waals surface area contributed by atoms with Crippen LogP contribution >= 0.6 is 0 Å². The second kappa shape index (κ2) is 7.80. The molecule has 2 atom stereocenters. The molecule has 168 valence electrons. The number of carbonyl (C=O) groups excluding carboxylic acids is 2. The summed E-state index contributed by atoms with van der Waals surface area (Å²) in [6, 6.07) is 4.59. The van der Waals surface area contributed by atoms with Gasteiger partial charge in [0.15, 0.2) is 6.61 Å². The molecular formula is C23H31N3O5. The lowest BCUT2D eigenvalue weighted by molar-refractivity contribution is -0.384. The van der Waals surface area contributed by atoms with Crippen molar-refractivity contribution in [2.24, 2.45) is 10.8 Å². The SMILES string of the molecule is CC1(C)C[C@@H]2C[C@](C)(CN2C(=O)COC(=O)c2ccc(N3CCCC3)c([N+](=O)[O-])c2)C1. The molecule has 2 aliphatic heterocycles. The number of amides is 1. The highest BCUT2D eigenvalue weighted by Crippen LogP contribution is 2.52. The lowest BCUT2D eigenvalue weighted by Crippen LogP contribution is -2.39. The Morgan fingerprint density at radius 3 is 2.58 bits per heavy atom. The molecule has 3 aliphatic rings. The zero-order valence-electron chi connectivity index (χ0n) is 18.6. The molecule has 1 aromatic carbocycles. The van der Waals surface area contributed by atoms with Crippen LogP contribution in [0.4, 0.5) is 11.4 Å². The molecule has 1 saturated carbocycles. The van der Waals surface area contributed by atoms with E-state index in [9.17, 15) is 19.7 Å². The van der Waals surface area contributed by atoms with E-state index in [4.69, 9.17) is 4.74 Å². The van der Waals surface area contributed by atoms with Gasteiger partial charge in [-0.25, -0.2) is 4.79 Å². The molecule has 8 heteroatoms. The topological polar surface area (TPSA) is 93.0 Å². The monoisotopic (exact) mass is 429 g/mol. The van der Waals surface area contributed by atoms with E-state index in [2.05, 4.69) is 20.8 Å². The third-order valence-corrected chi connectivity index (χ3v) is 6.92. The Kier molecular flexibility index (Phi) is 5.43. The van der Waals surface area contributed by atoms with Crippen molar-refractivity contribution >= 4 is 23.3 Å². The van der Waals surface area contributed by atoms with Gasteiger partial charge in [-0.15, -0.1) is 0 Å². The summed E-state index contributed by atoms with van der Waals surface area (Å²) < 4.78 is 5.27. The number of rotatable bonds is 5. The first-order valence-corrected chi connectivity index (χ1v) is 11.1. The van der Waals surface area contributed by atoms with Crippen LogP contribution in [0.15, 0.2) is 18.2 Å². The second-order valence-corrected chi connectivity index (χ2v) is 10.5. The average Bonchev–Trinajstić information content (AvgIpc) is 3.30. The van der Waals surface area contributed by atoms with Crippen molar-refractivity contribution in [3.8, 4) is 0 Å². The number of hydrogen-bond acceptors (Lipinski definition) is 6. The number of esters is 1. The smallest absolute Gasteiger partial charge is 0.338 e. The Morgan fingerprint density at radius 2 is 1.90 bits per heavy atom. The number of hydrogen-bond donors (Lipinski definition) is 0. The van der Waals surface area contributed by atoms with Gasteiger partial charge in [0.25, 0.3) is 11.6 Å². The van der Waals surface area contributed by atoms with E-state index in [1.807, 2.05) is 9.80 Å². The Bertz CT molecular complexity index is 908. The Balaban J connectivity index is 1.41. The first-order chi connectivity index (χ1) is 14.6. The lowest BCUT2D eigenvalue weighted by Gasteiger charge is -2.39. The summed E-state index contributed by atoms with van der Waals surface area (Å²) in [4.78, 5) is 40.3. The quantitative estimate of drug-likeness (QED) is 0.402. The molecule has 0 N–H and O–H groups in total. The summed E-state index contributed by atoms with van der Waals surface area (Å²) in [7, 11) is 0. The molecule has 1 aliphatic carbocycles. The molecule has 0 radical (unpaired) electrons. The van der Waals surface area contributed by atoms with Gasteiger partial charge < -0.3 is 14.5 Å². The highest BCUT2D eigenvalue weighted by atomic mass is 16.6. The van der Waals surface area contributed by atoms with Crippen LogP contribution in [0.2, 0.25) is 0 Å². The minimum atomic E-state index is -0.710. The van der Waals surface area contributed by atoms with Crippen molar-refractivity contribution in [1.29, 1.82) is 0 Å². The van der Waals surface area contributed by atoms with Crippen LogP contribution < -0.4 is 4.90 Å². The van der Waals surface area contributed by atoms with Gasteiger partial charge in [-0.1, -0.05) is 20.8 Å². The molecule has 1 aromatic rings. The number of carbonyl (C=O) groups is 2. The number of nitro groups is 1. The van der Waals surface area contributed by atoms with Crippen molar-refractivity contribution in [1.82, 2.24) is 4.90 Å². The lowest BCUT2D eigenvalue weighted by atomic mass is 9.65. The fourth-order valence-electron chi connectivity index (χ4n) is 6.07. The molecule has 0 spiro atoms. The second-order valence-electron chi connectivity index (χ2n) is 10.5. The Labute approximate surface area is 182 Å². The highest BCUT2D eigenvalue weighted by Gasteiger charge is 2.50. The largest absolute Gasteiger partial charge is 0.452 e. The zero-order valence-corrected chi connectivity index (χ0v) is 18.6. The number of likely N-dealkylation sites (tertiary alicyclic amines) is 1. The van der Waals surface area contributed by atoms with Gasteiger partial charge in [-0.05, 0) is 55.1 Å². The van der Waals surface area contributed by atoms with Crippen LogP contribution in [0, 0.1) is 20.9 Å². The number of fused-ring (bicyclic) bond motifs is 2. The summed E-state index contributed by atoms with van der Waals surface area (Å²) >= 11 is 0. The van der Waals surface area contributed by atoms with E-state index in [0.717, 1.165) is 45.2 Å². The number of ether oxygens (including phenoxy) is 1. The first kappa shape index (κ1) is 21.6. The number of benzene rings is 1. The van der Waals surface area contributed by atoms with E-state index in [1.54, 1.807) is 12.1 Å². The van der Waals surface area contributed by atoms with Crippen molar-refractivity contribution in [2.75, 3.05) is 31.1 Å². The average molecular weight is 430 g/mol. The van der Waals surface area contributed by atoms with Gasteiger partial charge in [-0.2, -0.15) is 0 Å². The molecule has 0 aromatic heterocycles. The summed E-state index contributed by atoms with van der Waals surface area (Å²) in [6.07, 6.45) is 5.01. The molecular weight excluding hydrogens is 398 g/mol. The van der Waals surface area contributed by atoms with Gasteiger partial charge in [-0.3, -0.25) is 14.9 Å². The fourth-order valence-corrected chi connectivity index (χ4v) is 6.07. The molecule has 2 saturated heterocycles. The standard InChI is InChI=1S/C23H31N3O5/c1-22(2)11-17-12-23(3,14-22)15-25(17)20(27)13-31-21(28)16-6-7-18(19(10-16)26(29)30)24-8-4-5-9-24/h6-7,10,17H,4-5,8-9,11-15H2,1-3H3/t17-,23+/m1/s1.